The number of ether oxygens (including phenoxy) is 1. The Morgan fingerprint density at radius 3 is 2.53 bits per heavy atom. The maximum absolute atomic E-state index is 4.84. The van der Waals surface area contributed by atoms with Crippen molar-refractivity contribution in [2.75, 3.05) is 6.61 Å². The van der Waals surface area contributed by atoms with Gasteiger partial charge in [0.15, 0.2) is 0 Å². The summed E-state index contributed by atoms with van der Waals surface area (Å²) in [6, 6.07) is 8.46. The zero-order valence-electron chi connectivity index (χ0n) is 9.84. The molecule has 1 aromatic carbocycles. The van der Waals surface area contributed by atoms with Gasteiger partial charge in [-0.3, -0.25) is 0 Å². The molecule has 0 aliphatic carbocycles. The SMILES string of the molecule is [CH2]OCCC(C)=C(C)c1ccccc1C. The summed E-state index contributed by atoms with van der Waals surface area (Å²) in [4.78, 5) is 0. The molecule has 1 heteroatoms. The van der Waals surface area contributed by atoms with E-state index in [1.165, 1.54) is 22.3 Å². The molecule has 0 fully saturated rings. The van der Waals surface area contributed by atoms with E-state index >= 15 is 0 Å². The van der Waals surface area contributed by atoms with Crippen molar-refractivity contribution < 1.29 is 4.74 Å². The van der Waals surface area contributed by atoms with Crippen LogP contribution in [0.4, 0.5) is 0 Å². The van der Waals surface area contributed by atoms with E-state index in [0.717, 1.165) is 6.42 Å². The molecule has 15 heavy (non-hydrogen) atoms. The van der Waals surface area contributed by atoms with E-state index in [4.69, 9.17) is 4.74 Å². The number of hydrogen-bond acceptors (Lipinski definition) is 1. The molecular weight excluding hydrogens is 184 g/mol. The van der Waals surface area contributed by atoms with E-state index in [2.05, 4.69) is 52.1 Å². The summed E-state index contributed by atoms with van der Waals surface area (Å²) in [6.45, 7) is 7.15. The molecule has 1 aromatic rings. The van der Waals surface area contributed by atoms with E-state index in [1.54, 1.807) is 0 Å². The fourth-order valence-electron chi connectivity index (χ4n) is 1.64. The Labute approximate surface area is 92.8 Å². The Bertz CT molecular complexity index is 350. The average Bonchev–Trinajstić information content (AvgIpc) is 2.25. The van der Waals surface area contributed by atoms with Gasteiger partial charge in [0.05, 0.1) is 13.7 Å². The number of aryl methyl sites for hydroxylation is 1. The molecule has 0 heterocycles. The highest BCUT2D eigenvalue weighted by molar-refractivity contribution is 5.68. The molecule has 0 unspecified atom stereocenters. The van der Waals surface area contributed by atoms with Crippen LogP contribution in [0.5, 0.6) is 0 Å². The van der Waals surface area contributed by atoms with Crippen molar-refractivity contribution in [3.63, 3.8) is 0 Å². The normalized spacial score (nSPS) is 12.5. The quantitative estimate of drug-likeness (QED) is 0.719. The van der Waals surface area contributed by atoms with Gasteiger partial charge in [-0.25, -0.2) is 0 Å². The van der Waals surface area contributed by atoms with Crippen LogP contribution < -0.4 is 0 Å². The molecule has 0 saturated carbocycles. The summed E-state index contributed by atoms with van der Waals surface area (Å²) >= 11 is 0. The lowest BCUT2D eigenvalue weighted by atomic mass is 9.97. The van der Waals surface area contributed by atoms with Crippen LogP contribution in [0.1, 0.15) is 31.4 Å². The van der Waals surface area contributed by atoms with Crippen molar-refractivity contribution >= 4 is 5.57 Å². The summed E-state index contributed by atoms with van der Waals surface area (Å²) in [5.41, 5.74) is 5.38. The lowest BCUT2D eigenvalue weighted by Gasteiger charge is -2.10. The van der Waals surface area contributed by atoms with Crippen molar-refractivity contribution in [1.82, 2.24) is 0 Å². The Kier molecular flexibility index (Phi) is 4.57. The number of allylic oxidation sites excluding steroid dienone is 1. The first-order valence-electron chi connectivity index (χ1n) is 5.26. The third kappa shape index (κ3) is 3.21. The third-order valence-electron chi connectivity index (χ3n) is 2.81. The highest BCUT2D eigenvalue weighted by Crippen LogP contribution is 2.22. The fourth-order valence-corrected chi connectivity index (χ4v) is 1.64. The van der Waals surface area contributed by atoms with Crippen molar-refractivity contribution in [3.8, 4) is 0 Å². The van der Waals surface area contributed by atoms with Gasteiger partial charge in [0.2, 0.25) is 0 Å². The first-order chi connectivity index (χ1) is 7.16. The van der Waals surface area contributed by atoms with Crippen LogP contribution in [0.15, 0.2) is 29.8 Å². The molecule has 0 amide bonds. The predicted octanol–water partition coefficient (Wildman–Crippen LogP) is 3.99. The molecule has 0 saturated heterocycles. The highest BCUT2D eigenvalue weighted by atomic mass is 16.5. The predicted molar refractivity (Wildman–Crippen MR) is 65.4 cm³/mol. The van der Waals surface area contributed by atoms with E-state index in [-0.39, 0.29) is 0 Å². The smallest absolute Gasteiger partial charge is 0.0700 e. The maximum Gasteiger partial charge on any atom is 0.0700 e. The minimum atomic E-state index is 0.690. The van der Waals surface area contributed by atoms with Crippen molar-refractivity contribution in [2.24, 2.45) is 0 Å². The molecule has 0 aromatic heterocycles. The molecule has 0 spiro atoms. The summed E-state index contributed by atoms with van der Waals surface area (Å²) in [7, 11) is 3.38. The summed E-state index contributed by atoms with van der Waals surface area (Å²) < 4.78 is 4.84. The van der Waals surface area contributed by atoms with Crippen molar-refractivity contribution in [2.45, 2.75) is 27.2 Å². The standard InChI is InChI=1S/C14H19O/c1-11(9-10-15-4)13(3)14-8-6-5-7-12(14)2/h5-8H,4,9-10H2,1-3H3. The average molecular weight is 203 g/mol. The van der Waals surface area contributed by atoms with Crippen LogP contribution in [0.25, 0.3) is 5.57 Å². The lowest BCUT2D eigenvalue weighted by molar-refractivity contribution is 0.246. The van der Waals surface area contributed by atoms with Gasteiger partial charge >= 0.3 is 0 Å². The molecule has 0 bridgehead atoms. The van der Waals surface area contributed by atoms with Gasteiger partial charge in [-0.05, 0) is 43.9 Å². The molecule has 1 radical (unpaired) electrons. The van der Waals surface area contributed by atoms with E-state index in [9.17, 15) is 0 Å². The molecule has 81 valence electrons. The van der Waals surface area contributed by atoms with E-state index in [0.29, 0.717) is 6.61 Å². The van der Waals surface area contributed by atoms with Crippen LogP contribution in [0, 0.1) is 14.0 Å². The van der Waals surface area contributed by atoms with Crippen LogP contribution in [0.3, 0.4) is 0 Å². The van der Waals surface area contributed by atoms with Gasteiger partial charge in [0, 0.05) is 0 Å². The third-order valence-corrected chi connectivity index (χ3v) is 2.81. The second kappa shape index (κ2) is 5.72. The van der Waals surface area contributed by atoms with Crippen LogP contribution >= 0.6 is 0 Å². The highest BCUT2D eigenvalue weighted by Gasteiger charge is 2.02. The summed E-state index contributed by atoms with van der Waals surface area (Å²) in [5.74, 6) is 0. The molecular formula is C14H19O. The van der Waals surface area contributed by atoms with Crippen LogP contribution in [-0.4, -0.2) is 6.61 Å². The zero-order valence-corrected chi connectivity index (χ0v) is 9.84. The van der Waals surface area contributed by atoms with Gasteiger partial charge in [-0.2, -0.15) is 0 Å². The minimum absolute atomic E-state index is 0.690. The fraction of sp³-hybridized carbons (Fsp3) is 0.357. The number of benzene rings is 1. The van der Waals surface area contributed by atoms with E-state index in [1.807, 2.05) is 0 Å². The first kappa shape index (κ1) is 12.0. The molecule has 0 aliphatic heterocycles. The summed E-state index contributed by atoms with van der Waals surface area (Å²) in [6.07, 6.45) is 0.948. The Balaban J connectivity index is 2.92. The maximum atomic E-state index is 4.84. The minimum Gasteiger partial charge on any atom is -0.379 e. The van der Waals surface area contributed by atoms with E-state index < -0.39 is 0 Å². The second-order valence-electron chi connectivity index (χ2n) is 3.88. The van der Waals surface area contributed by atoms with Gasteiger partial charge < -0.3 is 4.74 Å². The topological polar surface area (TPSA) is 9.23 Å². The number of hydrogen-bond donors (Lipinski definition) is 0. The first-order valence-corrected chi connectivity index (χ1v) is 5.26. The molecule has 1 rings (SSSR count). The van der Waals surface area contributed by atoms with Gasteiger partial charge in [-0.1, -0.05) is 29.8 Å². The Hall–Kier alpha value is -1.08. The lowest BCUT2D eigenvalue weighted by Crippen LogP contribution is -1.93. The molecule has 1 nitrogen and oxygen atoms in total. The molecule has 0 N–H and O–H groups in total. The van der Waals surface area contributed by atoms with Crippen molar-refractivity contribution in [1.29, 1.82) is 0 Å². The van der Waals surface area contributed by atoms with Gasteiger partial charge in [0.25, 0.3) is 0 Å². The van der Waals surface area contributed by atoms with Gasteiger partial charge in [-0.15, -0.1) is 0 Å². The number of rotatable bonds is 4. The monoisotopic (exact) mass is 203 g/mol. The van der Waals surface area contributed by atoms with Crippen LogP contribution in [-0.2, 0) is 4.74 Å². The van der Waals surface area contributed by atoms with Gasteiger partial charge in [0.1, 0.15) is 0 Å². The van der Waals surface area contributed by atoms with Crippen molar-refractivity contribution in [3.05, 3.63) is 48.1 Å². The Morgan fingerprint density at radius 1 is 1.27 bits per heavy atom. The largest absolute Gasteiger partial charge is 0.379 e. The molecule has 0 aliphatic rings. The summed E-state index contributed by atoms with van der Waals surface area (Å²) in [5, 5.41) is 0. The second-order valence-corrected chi connectivity index (χ2v) is 3.88. The zero-order chi connectivity index (χ0) is 11.3. The van der Waals surface area contributed by atoms with Crippen LogP contribution in [0.2, 0.25) is 0 Å². The molecule has 0 atom stereocenters. The Morgan fingerprint density at radius 2 is 1.93 bits per heavy atom.